The van der Waals surface area contributed by atoms with Crippen molar-refractivity contribution in [3.63, 3.8) is 0 Å². The summed E-state index contributed by atoms with van der Waals surface area (Å²) >= 11 is 0. The Labute approximate surface area is 128 Å². The second kappa shape index (κ2) is 4.99. The van der Waals surface area contributed by atoms with Gasteiger partial charge in [0.1, 0.15) is 0 Å². The Hall–Kier alpha value is -2.61. The van der Waals surface area contributed by atoms with Gasteiger partial charge >= 0.3 is 0 Å². The van der Waals surface area contributed by atoms with E-state index in [1.54, 1.807) is 0 Å². The third-order valence-electron chi connectivity index (χ3n) is 4.21. The van der Waals surface area contributed by atoms with Crippen LogP contribution in [0.3, 0.4) is 0 Å². The molecule has 0 unspecified atom stereocenters. The first-order valence-electron chi connectivity index (χ1n) is 7.60. The number of Topliss-reactive ketones (excluding diaryl/α,β-unsaturated/α-hetero) is 1. The van der Waals surface area contributed by atoms with Crippen molar-refractivity contribution in [3.05, 3.63) is 59.0 Å². The SMILES string of the molecule is CCOC1=c2cc3ccc4ccccc4c3cc2=CCC1=O. The predicted octanol–water partition coefficient (Wildman–Crippen LogP) is 2.89. The zero-order valence-corrected chi connectivity index (χ0v) is 12.4. The third-order valence-corrected chi connectivity index (χ3v) is 4.21. The average Bonchev–Trinajstić information content (AvgIpc) is 2.56. The summed E-state index contributed by atoms with van der Waals surface area (Å²) < 4.78 is 5.61. The number of benzene rings is 3. The van der Waals surface area contributed by atoms with E-state index in [-0.39, 0.29) is 5.78 Å². The van der Waals surface area contributed by atoms with Crippen LogP contribution in [-0.2, 0) is 9.53 Å². The average molecular weight is 288 g/mol. The lowest BCUT2D eigenvalue weighted by Gasteiger charge is -2.12. The molecular weight excluding hydrogens is 272 g/mol. The minimum atomic E-state index is 0.0643. The Bertz CT molecular complexity index is 1030. The number of hydrogen-bond donors (Lipinski definition) is 0. The van der Waals surface area contributed by atoms with Crippen LogP contribution in [0, 0.1) is 0 Å². The van der Waals surface area contributed by atoms with E-state index in [4.69, 9.17) is 4.74 Å². The van der Waals surface area contributed by atoms with Gasteiger partial charge in [0.05, 0.1) is 6.61 Å². The predicted molar refractivity (Wildman–Crippen MR) is 89.8 cm³/mol. The van der Waals surface area contributed by atoms with Crippen molar-refractivity contribution in [3.8, 4) is 0 Å². The Kier molecular flexibility index (Phi) is 2.97. The van der Waals surface area contributed by atoms with Gasteiger partial charge in [-0.15, -0.1) is 0 Å². The molecule has 1 aliphatic carbocycles. The van der Waals surface area contributed by atoms with Crippen molar-refractivity contribution in [2.24, 2.45) is 0 Å². The van der Waals surface area contributed by atoms with E-state index in [1.807, 2.05) is 13.0 Å². The summed E-state index contributed by atoms with van der Waals surface area (Å²) in [6.07, 6.45) is 2.42. The van der Waals surface area contributed by atoms with Gasteiger partial charge in [-0.05, 0) is 45.8 Å². The van der Waals surface area contributed by atoms with Crippen molar-refractivity contribution in [1.82, 2.24) is 0 Å². The van der Waals surface area contributed by atoms with Gasteiger partial charge in [-0.25, -0.2) is 0 Å². The number of ether oxygens (including phenoxy) is 1. The Morgan fingerprint density at radius 2 is 1.82 bits per heavy atom. The Morgan fingerprint density at radius 3 is 2.68 bits per heavy atom. The standard InChI is InChI=1S/C20H16O2/c1-2-22-20-18-12-14-8-7-13-5-3-4-6-16(13)17(14)11-15(18)9-10-19(20)21/h3-9,11-12H,2,10H2,1H3. The fourth-order valence-corrected chi connectivity index (χ4v) is 3.19. The molecule has 0 saturated heterocycles. The lowest BCUT2D eigenvalue weighted by Crippen LogP contribution is -2.34. The molecule has 2 heteroatoms. The van der Waals surface area contributed by atoms with Crippen LogP contribution in [0.15, 0.2) is 48.5 Å². The summed E-state index contributed by atoms with van der Waals surface area (Å²) in [7, 11) is 0. The van der Waals surface area contributed by atoms with Crippen LogP contribution in [-0.4, -0.2) is 12.4 Å². The van der Waals surface area contributed by atoms with Gasteiger partial charge in [0.15, 0.2) is 5.76 Å². The van der Waals surface area contributed by atoms with Gasteiger partial charge in [-0.1, -0.05) is 42.5 Å². The number of hydrogen-bond acceptors (Lipinski definition) is 2. The largest absolute Gasteiger partial charge is 0.489 e. The zero-order chi connectivity index (χ0) is 15.1. The van der Waals surface area contributed by atoms with Gasteiger partial charge < -0.3 is 4.74 Å². The molecule has 0 amide bonds. The molecule has 3 aromatic carbocycles. The van der Waals surface area contributed by atoms with E-state index in [1.165, 1.54) is 16.2 Å². The van der Waals surface area contributed by atoms with Crippen LogP contribution in [0.1, 0.15) is 13.3 Å². The van der Waals surface area contributed by atoms with E-state index in [0.717, 1.165) is 15.8 Å². The fourth-order valence-electron chi connectivity index (χ4n) is 3.19. The molecule has 2 nitrogen and oxygen atoms in total. The smallest absolute Gasteiger partial charge is 0.201 e. The van der Waals surface area contributed by atoms with Gasteiger partial charge in [-0.3, -0.25) is 4.79 Å². The van der Waals surface area contributed by atoms with E-state index in [0.29, 0.717) is 18.8 Å². The van der Waals surface area contributed by atoms with Crippen molar-refractivity contribution < 1.29 is 9.53 Å². The lowest BCUT2D eigenvalue weighted by atomic mass is 9.97. The van der Waals surface area contributed by atoms with Crippen LogP contribution >= 0.6 is 0 Å². The van der Waals surface area contributed by atoms with Crippen LogP contribution in [0.25, 0.3) is 33.4 Å². The van der Waals surface area contributed by atoms with Crippen LogP contribution < -0.4 is 10.4 Å². The maximum atomic E-state index is 12.1. The number of rotatable bonds is 2. The zero-order valence-electron chi connectivity index (χ0n) is 12.4. The molecule has 0 atom stereocenters. The third kappa shape index (κ3) is 1.92. The first-order chi connectivity index (χ1) is 10.8. The monoisotopic (exact) mass is 288 g/mol. The summed E-state index contributed by atoms with van der Waals surface area (Å²) in [4.78, 5) is 12.1. The molecule has 1 aliphatic rings. The van der Waals surface area contributed by atoms with Crippen molar-refractivity contribution >= 4 is 39.2 Å². The molecule has 0 heterocycles. The highest BCUT2D eigenvalue weighted by Gasteiger charge is 2.15. The molecule has 0 aromatic heterocycles. The number of fused-ring (bicyclic) bond motifs is 4. The summed E-state index contributed by atoms with van der Waals surface area (Å²) in [6.45, 7) is 2.42. The molecule has 3 aromatic rings. The van der Waals surface area contributed by atoms with Crippen molar-refractivity contribution in [2.75, 3.05) is 6.61 Å². The van der Waals surface area contributed by atoms with Gasteiger partial charge in [0, 0.05) is 11.6 Å². The van der Waals surface area contributed by atoms with E-state index < -0.39 is 0 Å². The summed E-state index contributed by atoms with van der Waals surface area (Å²) in [5.74, 6) is 0.574. The second-order valence-electron chi connectivity index (χ2n) is 5.54. The molecule has 0 radical (unpaired) electrons. The molecule has 0 fully saturated rings. The first-order valence-corrected chi connectivity index (χ1v) is 7.60. The van der Waals surface area contributed by atoms with Crippen LogP contribution in [0.2, 0.25) is 0 Å². The second-order valence-corrected chi connectivity index (χ2v) is 5.54. The molecule has 0 saturated carbocycles. The Morgan fingerprint density at radius 1 is 1.00 bits per heavy atom. The normalized spacial score (nSPS) is 14.0. The number of carbonyl (C=O) groups is 1. The molecule has 22 heavy (non-hydrogen) atoms. The summed E-state index contributed by atoms with van der Waals surface area (Å²) in [6, 6.07) is 16.9. The van der Waals surface area contributed by atoms with Crippen molar-refractivity contribution in [1.29, 1.82) is 0 Å². The van der Waals surface area contributed by atoms with Gasteiger partial charge in [0.25, 0.3) is 0 Å². The highest BCUT2D eigenvalue weighted by molar-refractivity contribution is 6.15. The molecule has 4 rings (SSSR count). The molecule has 0 bridgehead atoms. The van der Waals surface area contributed by atoms with Crippen LogP contribution in [0.5, 0.6) is 0 Å². The highest BCUT2D eigenvalue weighted by Crippen LogP contribution is 2.23. The minimum Gasteiger partial charge on any atom is -0.489 e. The highest BCUT2D eigenvalue weighted by atomic mass is 16.5. The quantitative estimate of drug-likeness (QED) is 0.678. The van der Waals surface area contributed by atoms with E-state index in [9.17, 15) is 4.79 Å². The number of ketones is 1. The van der Waals surface area contributed by atoms with Crippen molar-refractivity contribution in [2.45, 2.75) is 13.3 Å². The molecule has 0 N–H and O–H groups in total. The first kappa shape index (κ1) is 13.1. The Balaban J connectivity index is 2.16. The topological polar surface area (TPSA) is 26.3 Å². The fraction of sp³-hybridized carbons (Fsp3) is 0.150. The van der Waals surface area contributed by atoms with E-state index >= 15 is 0 Å². The molecule has 108 valence electrons. The van der Waals surface area contributed by atoms with Crippen LogP contribution in [0.4, 0.5) is 0 Å². The number of carbonyl (C=O) groups excluding carboxylic acids is 1. The molecule has 0 aliphatic heterocycles. The minimum absolute atomic E-state index is 0.0643. The van der Waals surface area contributed by atoms with Gasteiger partial charge in [0.2, 0.25) is 5.78 Å². The van der Waals surface area contributed by atoms with Gasteiger partial charge in [-0.2, -0.15) is 0 Å². The maximum Gasteiger partial charge on any atom is 0.201 e. The van der Waals surface area contributed by atoms with E-state index in [2.05, 4.69) is 48.5 Å². The molecular formula is C20H16O2. The summed E-state index contributed by atoms with van der Waals surface area (Å²) in [5.41, 5.74) is 0. The molecule has 0 spiro atoms. The lowest BCUT2D eigenvalue weighted by molar-refractivity contribution is -0.114. The summed E-state index contributed by atoms with van der Waals surface area (Å²) in [5, 5.41) is 6.84. The maximum absolute atomic E-state index is 12.1.